The van der Waals surface area contributed by atoms with Crippen LogP contribution >= 0.6 is 0 Å². The standard InChI is InChI=1S/C22H25NO4/c1-15(2)20(24)14-27-17-9-5-7-16(13-17)8-6-12-23-21(25)18-10-3-4-11-19(18)22(23)26/h3-5,7,9-11,13,15,20,24H,6,8,12,14H2,1-2H3. The average Bonchev–Trinajstić information content (AvgIpc) is 2.91. The molecule has 0 saturated carbocycles. The monoisotopic (exact) mass is 367 g/mol. The minimum atomic E-state index is -0.498. The lowest BCUT2D eigenvalue weighted by molar-refractivity contribution is 0.0652. The molecule has 1 N–H and O–H groups in total. The number of hydrogen-bond acceptors (Lipinski definition) is 4. The van der Waals surface area contributed by atoms with Gasteiger partial charge >= 0.3 is 0 Å². The van der Waals surface area contributed by atoms with Gasteiger partial charge in [0.1, 0.15) is 12.4 Å². The van der Waals surface area contributed by atoms with Gasteiger partial charge in [0.2, 0.25) is 0 Å². The second-order valence-corrected chi connectivity index (χ2v) is 7.18. The minimum absolute atomic E-state index is 0.146. The molecule has 0 saturated heterocycles. The Morgan fingerprint density at radius 3 is 2.30 bits per heavy atom. The Kier molecular flexibility index (Phi) is 5.91. The van der Waals surface area contributed by atoms with Gasteiger partial charge in [-0.25, -0.2) is 0 Å². The summed E-state index contributed by atoms with van der Waals surface area (Å²) in [6.45, 7) is 4.55. The van der Waals surface area contributed by atoms with Crippen molar-refractivity contribution in [1.29, 1.82) is 0 Å². The minimum Gasteiger partial charge on any atom is -0.491 e. The number of nitrogens with zero attached hydrogens (tertiary/aromatic N) is 1. The van der Waals surface area contributed by atoms with Crippen LogP contribution in [0.1, 0.15) is 46.5 Å². The lowest BCUT2D eigenvalue weighted by Crippen LogP contribution is -2.30. The van der Waals surface area contributed by atoms with Gasteiger partial charge in [-0.2, -0.15) is 0 Å². The molecule has 3 rings (SSSR count). The molecule has 0 aliphatic carbocycles. The van der Waals surface area contributed by atoms with Gasteiger partial charge in [0.25, 0.3) is 11.8 Å². The fourth-order valence-corrected chi connectivity index (χ4v) is 3.05. The topological polar surface area (TPSA) is 66.8 Å². The van der Waals surface area contributed by atoms with E-state index in [1.165, 1.54) is 4.90 Å². The first kappa shape index (κ1) is 19.1. The molecule has 0 aromatic heterocycles. The summed E-state index contributed by atoms with van der Waals surface area (Å²) < 4.78 is 5.66. The smallest absolute Gasteiger partial charge is 0.261 e. The van der Waals surface area contributed by atoms with Crippen molar-refractivity contribution in [3.05, 3.63) is 65.2 Å². The van der Waals surface area contributed by atoms with Crippen LogP contribution in [0.5, 0.6) is 5.75 Å². The van der Waals surface area contributed by atoms with E-state index in [4.69, 9.17) is 4.74 Å². The summed E-state index contributed by atoms with van der Waals surface area (Å²) in [5.74, 6) is 0.437. The normalized spacial score (nSPS) is 14.6. The van der Waals surface area contributed by atoms with Crippen LogP contribution in [0.2, 0.25) is 0 Å². The third-order valence-corrected chi connectivity index (χ3v) is 4.81. The Balaban J connectivity index is 1.53. The van der Waals surface area contributed by atoms with Crippen molar-refractivity contribution in [2.45, 2.75) is 32.8 Å². The van der Waals surface area contributed by atoms with Gasteiger partial charge in [-0.05, 0) is 48.6 Å². The molecule has 2 aromatic carbocycles. The Bertz CT molecular complexity index is 796. The molecule has 0 spiro atoms. The van der Waals surface area contributed by atoms with E-state index < -0.39 is 6.10 Å². The number of aliphatic hydroxyl groups excluding tert-OH is 1. The summed E-state index contributed by atoms with van der Waals surface area (Å²) in [4.78, 5) is 26.1. The Morgan fingerprint density at radius 1 is 1.00 bits per heavy atom. The number of aryl methyl sites for hydroxylation is 1. The zero-order valence-electron chi connectivity index (χ0n) is 15.7. The zero-order valence-corrected chi connectivity index (χ0v) is 15.7. The molecule has 0 fully saturated rings. The van der Waals surface area contributed by atoms with E-state index in [0.717, 1.165) is 12.0 Å². The van der Waals surface area contributed by atoms with Gasteiger partial charge in [0, 0.05) is 6.54 Å². The van der Waals surface area contributed by atoms with Gasteiger partial charge in [-0.1, -0.05) is 38.1 Å². The number of carbonyl (C=O) groups is 2. The molecule has 1 atom stereocenters. The van der Waals surface area contributed by atoms with Crippen LogP contribution in [-0.4, -0.2) is 41.1 Å². The number of amides is 2. The number of fused-ring (bicyclic) bond motifs is 1. The molecule has 1 aliphatic heterocycles. The highest BCUT2D eigenvalue weighted by Gasteiger charge is 2.34. The van der Waals surface area contributed by atoms with Crippen LogP contribution in [0.15, 0.2) is 48.5 Å². The Hall–Kier alpha value is -2.66. The maximum atomic E-state index is 12.4. The highest BCUT2D eigenvalue weighted by Crippen LogP contribution is 2.23. The quantitative estimate of drug-likeness (QED) is 0.727. The molecule has 1 aliphatic rings. The molecule has 1 unspecified atom stereocenters. The predicted molar refractivity (Wildman–Crippen MR) is 103 cm³/mol. The van der Waals surface area contributed by atoms with Crippen molar-refractivity contribution in [2.24, 2.45) is 5.92 Å². The molecule has 5 nitrogen and oxygen atoms in total. The van der Waals surface area contributed by atoms with Crippen LogP contribution in [0.4, 0.5) is 0 Å². The van der Waals surface area contributed by atoms with E-state index in [-0.39, 0.29) is 24.3 Å². The largest absolute Gasteiger partial charge is 0.491 e. The number of rotatable bonds is 8. The lowest BCUT2D eigenvalue weighted by atomic mass is 10.1. The first-order valence-electron chi connectivity index (χ1n) is 9.32. The van der Waals surface area contributed by atoms with Crippen LogP contribution in [0.25, 0.3) is 0 Å². The number of carbonyl (C=O) groups excluding carboxylic acids is 2. The van der Waals surface area contributed by atoms with Crippen molar-refractivity contribution < 1.29 is 19.4 Å². The van der Waals surface area contributed by atoms with Crippen molar-refractivity contribution in [2.75, 3.05) is 13.2 Å². The van der Waals surface area contributed by atoms with Crippen LogP contribution in [0, 0.1) is 5.92 Å². The number of ether oxygens (including phenoxy) is 1. The summed E-state index contributed by atoms with van der Waals surface area (Å²) in [5, 5.41) is 9.85. The van der Waals surface area contributed by atoms with Crippen LogP contribution < -0.4 is 4.74 Å². The van der Waals surface area contributed by atoms with E-state index in [2.05, 4.69) is 0 Å². The second-order valence-electron chi connectivity index (χ2n) is 7.18. The first-order valence-corrected chi connectivity index (χ1v) is 9.32. The van der Waals surface area contributed by atoms with Gasteiger partial charge in [0.15, 0.2) is 0 Å². The van der Waals surface area contributed by atoms with E-state index in [9.17, 15) is 14.7 Å². The summed E-state index contributed by atoms with van der Waals surface area (Å²) in [5.41, 5.74) is 2.05. The Labute approximate surface area is 159 Å². The summed E-state index contributed by atoms with van der Waals surface area (Å²) in [6, 6.07) is 14.6. The second kappa shape index (κ2) is 8.35. The average molecular weight is 367 g/mol. The molecule has 1 heterocycles. The van der Waals surface area contributed by atoms with E-state index in [1.54, 1.807) is 24.3 Å². The van der Waals surface area contributed by atoms with Crippen molar-refractivity contribution >= 4 is 11.8 Å². The SMILES string of the molecule is CC(C)C(O)COc1cccc(CCCN2C(=O)c3ccccc3C2=O)c1. The number of imide groups is 1. The molecule has 2 aromatic rings. The molecule has 0 bridgehead atoms. The van der Waals surface area contributed by atoms with Crippen LogP contribution in [0.3, 0.4) is 0 Å². The first-order chi connectivity index (χ1) is 13.0. The molecular weight excluding hydrogens is 342 g/mol. The van der Waals surface area contributed by atoms with Gasteiger partial charge < -0.3 is 9.84 Å². The molecule has 2 amide bonds. The van der Waals surface area contributed by atoms with Crippen LogP contribution in [-0.2, 0) is 6.42 Å². The number of benzene rings is 2. The van der Waals surface area contributed by atoms with Gasteiger partial charge in [-0.15, -0.1) is 0 Å². The van der Waals surface area contributed by atoms with E-state index >= 15 is 0 Å². The van der Waals surface area contributed by atoms with E-state index in [0.29, 0.717) is 29.8 Å². The van der Waals surface area contributed by atoms with Gasteiger partial charge in [0.05, 0.1) is 17.2 Å². The van der Waals surface area contributed by atoms with E-state index in [1.807, 2.05) is 38.1 Å². The van der Waals surface area contributed by atoms with Crippen molar-refractivity contribution in [1.82, 2.24) is 4.90 Å². The number of aliphatic hydroxyl groups is 1. The Morgan fingerprint density at radius 2 is 1.67 bits per heavy atom. The molecule has 142 valence electrons. The fraction of sp³-hybridized carbons (Fsp3) is 0.364. The summed E-state index contributed by atoms with van der Waals surface area (Å²) in [6.07, 6.45) is 0.920. The lowest BCUT2D eigenvalue weighted by Gasteiger charge is -2.16. The number of hydrogen-bond donors (Lipinski definition) is 1. The third-order valence-electron chi connectivity index (χ3n) is 4.81. The highest BCUT2D eigenvalue weighted by atomic mass is 16.5. The molecule has 27 heavy (non-hydrogen) atoms. The third kappa shape index (κ3) is 4.37. The summed E-state index contributed by atoms with van der Waals surface area (Å²) >= 11 is 0. The molecular formula is C22H25NO4. The molecule has 0 radical (unpaired) electrons. The van der Waals surface area contributed by atoms with Crippen molar-refractivity contribution in [3.63, 3.8) is 0 Å². The highest BCUT2D eigenvalue weighted by molar-refractivity contribution is 6.21. The molecule has 5 heteroatoms. The summed E-state index contributed by atoms with van der Waals surface area (Å²) in [7, 11) is 0. The van der Waals surface area contributed by atoms with Gasteiger partial charge in [-0.3, -0.25) is 14.5 Å². The predicted octanol–water partition coefficient (Wildman–Crippen LogP) is 3.31. The maximum Gasteiger partial charge on any atom is 0.261 e. The maximum absolute atomic E-state index is 12.4. The zero-order chi connectivity index (χ0) is 19.4. The fourth-order valence-electron chi connectivity index (χ4n) is 3.05. The van der Waals surface area contributed by atoms with Crippen molar-refractivity contribution in [3.8, 4) is 5.75 Å².